The standard InChI is InChI=1S/C19H20FNO/c1-13-10-17(13)19(15-7-3-2-4-8-15)21-18(22)12-14-6-5-9-16(20)11-14/h2-9,11,13,17,19H,10,12H2,1H3,(H,21,22). The van der Waals surface area contributed by atoms with Crippen LogP contribution in [0.1, 0.15) is 30.5 Å². The molecule has 1 aliphatic carbocycles. The van der Waals surface area contributed by atoms with Gasteiger partial charge in [-0.15, -0.1) is 0 Å². The van der Waals surface area contributed by atoms with E-state index in [4.69, 9.17) is 0 Å². The fourth-order valence-electron chi connectivity index (χ4n) is 2.97. The Labute approximate surface area is 130 Å². The first-order valence-electron chi connectivity index (χ1n) is 7.72. The Morgan fingerprint density at radius 1 is 1.23 bits per heavy atom. The molecular weight excluding hydrogens is 277 g/mol. The maximum absolute atomic E-state index is 13.2. The minimum absolute atomic E-state index is 0.0530. The quantitative estimate of drug-likeness (QED) is 0.891. The number of halogens is 1. The molecule has 0 spiro atoms. The molecule has 2 aromatic carbocycles. The van der Waals surface area contributed by atoms with E-state index in [-0.39, 0.29) is 24.2 Å². The van der Waals surface area contributed by atoms with Crippen LogP contribution in [0.3, 0.4) is 0 Å². The summed E-state index contributed by atoms with van der Waals surface area (Å²) in [5.41, 5.74) is 1.84. The fraction of sp³-hybridized carbons (Fsp3) is 0.316. The molecule has 3 rings (SSSR count). The second-order valence-electron chi connectivity index (χ2n) is 6.14. The number of rotatable bonds is 5. The van der Waals surface area contributed by atoms with Crippen molar-refractivity contribution < 1.29 is 9.18 Å². The van der Waals surface area contributed by atoms with Crippen LogP contribution in [0.25, 0.3) is 0 Å². The Bertz CT molecular complexity index is 655. The zero-order valence-corrected chi connectivity index (χ0v) is 12.6. The van der Waals surface area contributed by atoms with E-state index in [0.29, 0.717) is 17.4 Å². The van der Waals surface area contributed by atoms with E-state index in [1.54, 1.807) is 12.1 Å². The minimum Gasteiger partial charge on any atom is -0.349 e. The molecule has 2 nitrogen and oxygen atoms in total. The lowest BCUT2D eigenvalue weighted by Gasteiger charge is -2.19. The Hall–Kier alpha value is -2.16. The molecule has 1 amide bonds. The molecular formula is C19H20FNO. The predicted molar refractivity (Wildman–Crippen MR) is 84.7 cm³/mol. The van der Waals surface area contributed by atoms with Crippen molar-refractivity contribution in [1.29, 1.82) is 0 Å². The molecule has 3 atom stereocenters. The van der Waals surface area contributed by atoms with Crippen molar-refractivity contribution in [2.75, 3.05) is 0 Å². The average molecular weight is 297 g/mol. The Morgan fingerprint density at radius 2 is 1.95 bits per heavy atom. The fourth-order valence-corrected chi connectivity index (χ4v) is 2.97. The van der Waals surface area contributed by atoms with E-state index >= 15 is 0 Å². The highest BCUT2D eigenvalue weighted by Crippen LogP contribution is 2.46. The summed E-state index contributed by atoms with van der Waals surface area (Å²) in [5.74, 6) is 0.776. The largest absolute Gasteiger partial charge is 0.349 e. The van der Waals surface area contributed by atoms with Crippen LogP contribution in [-0.2, 0) is 11.2 Å². The molecule has 0 heterocycles. The van der Waals surface area contributed by atoms with E-state index in [1.165, 1.54) is 12.1 Å². The van der Waals surface area contributed by atoms with Crippen LogP contribution in [-0.4, -0.2) is 5.91 Å². The van der Waals surface area contributed by atoms with Crippen molar-refractivity contribution >= 4 is 5.91 Å². The molecule has 0 radical (unpaired) electrons. The van der Waals surface area contributed by atoms with Gasteiger partial charge in [-0.25, -0.2) is 4.39 Å². The summed E-state index contributed by atoms with van der Waals surface area (Å²) in [4.78, 5) is 12.3. The number of hydrogen-bond acceptors (Lipinski definition) is 1. The number of carbonyl (C=O) groups excluding carboxylic acids is 1. The molecule has 1 fully saturated rings. The molecule has 3 unspecified atom stereocenters. The van der Waals surface area contributed by atoms with E-state index < -0.39 is 0 Å². The minimum atomic E-state index is -0.305. The summed E-state index contributed by atoms with van der Waals surface area (Å²) in [6, 6.07) is 16.3. The van der Waals surface area contributed by atoms with Gasteiger partial charge in [-0.2, -0.15) is 0 Å². The van der Waals surface area contributed by atoms with Gasteiger partial charge in [0.25, 0.3) is 0 Å². The van der Waals surface area contributed by atoms with Crippen LogP contribution >= 0.6 is 0 Å². The molecule has 1 saturated carbocycles. The molecule has 0 saturated heterocycles. The van der Waals surface area contributed by atoms with Gasteiger partial charge in [-0.1, -0.05) is 49.4 Å². The average Bonchev–Trinajstić information content (AvgIpc) is 3.22. The van der Waals surface area contributed by atoms with Gasteiger partial charge in [0.05, 0.1) is 12.5 Å². The van der Waals surface area contributed by atoms with Gasteiger partial charge < -0.3 is 5.32 Å². The monoisotopic (exact) mass is 297 g/mol. The smallest absolute Gasteiger partial charge is 0.224 e. The summed E-state index contributed by atoms with van der Waals surface area (Å²) in [7, 11) is 0. The van der Waals surface area contributed by atoms with Crippen LogP contribution in [0.15, 0.2) is 54.6 Å². The van der Waals surface area contributed by atoms with Crippen LogP contribution in [0, 0.1) is 17.7 Å². The van der Waals surface area contributed by atoms with Gasteiger partial charge in [0, 0.05) is 0 Å². The van der Waals surface area contributed by atoms with Crippen LogP contribution < -0.4 is 5.32 Å². The van der Waals surface area contributed by atoms with E-state index in [1.807, 2.05) is 18.2 Å². The van der Waals surface area contributed by atoms with Gasteiger partial charge in [-0.05, 0) is 41.5 Å². The number of carbonyl (C=O) groups is 1. The number of benzene rings is 2. The van der Waals surface area contributed by atoms with Crippen molar-refractivity contribution in [2.24, 2.45) is 11.8 Å². The van der Waals surface area contributed by atoms with Crippen molar-refractivity contribution in [3.63, 3.8) is 0 Å². The third-order valence-corrected chi connectivity index (χ3v) is 4.33. The maximum Gasteiger partial charge on any atom is 0.224 e. The second-order valence-corrected chi connectivity index (χ2v) is 6.14. The molecule has 0 aromatic heterocycles. The second kappa shape index (κ2) is 6.30. The molecule has 3 heteroatoms. The third-order valence-electron chi connectivity index (χ3n) is 4.33. The summed E-state index contributed by atoms with van der Waals surface area (Å²) < 4.78 is 13.2. The van der Waals surface area contributed by atoms with E-state index in [2.05, 4.69) is 24.4 Å². The van der Waals surface area contributed by atoms with Crippen LogP contribution in [0.2, 0.25) is 0 Å². The van der Waals surface area contributed by atoms with Gasteiger partial charge in [0.15, 0.2) is 0 Å². The molecule has 1 N–H and O–H groups in total. The zero-order valence-electron chi connectivity index (χ0n) is 12.6. The highest BCUT2D eigenvalue weighted by molar-refractivity contribution is 5.79. The number of hydrogen-bond donors (Lipinski definition) is 1. The lowest BCUT2D eigenvalue weighted by molar-refractivity contribution is -0.121. The SMILES string of the molecule is CC1CC1C(NC(=O)Cc1cccc(F)c1)c1ccccc1. The zero-order chi connectivity index (χ0) is 15.5. The molecule has 0 aliphatic heterocycles. The highest BCUT2D eigenvalue weighted by Gasteiger charge is 2.40. The van der Waals surface area contributed by atoms with Crippen LogP contribution in [0.4, 0.5) is 4.39 Å². The molecule has 2 aromatic rings. The number of amides is 1. The van der Waals surface area contributed by atoms with Gasteiger partial charge in [0.2, 0.25) is 5.91 Å². The summed E-state index contributed by atoms with van der Waals surface area (Å²) in [6.07, 6.45) is 1.35. The molecule has 1 aliphatic rings. The first-order chi connectivity index (χ1) is 10.6. The third kappa shape index (κ3) is 3.53. The number of nitrogens with one attached hydrogen (secondary N) is 1. The summed E-state index contributed by atoms with van der Waals surface area (Å²) in [5, 5.41) is 3.13. The highest BCUT2D eigenvalue weighted by atomic mass is 19.1. The van der Waals surface area contributed by atoms with Gasteiger partial charge in [0.1, 0.15) is 5.82 Å². The predicted octanol–water partition coefficient (Wildman–Crippen LogP) is 3.88. The molecule has 22 heavy (non-hydrogen) atoms. The Balaban J connectivity index is 1.69. The normalized spacial score (nSPS) is 21.2. The van der Waals surface area contributed by atoms with Crippen molar-refractivity contribution in [3.05, 3.63) is 71.5 Å². The molecule has 0 bridgehead atoms. The Morgan fingerprint density at radius 3 is 2.59 bits per heavy atom. The van der Waals surface area contributed by atoms with Crippen LogP contribution in [0.5, 0.6) is 0 Å². The summed E-state index contributed by atoms with van der Waals surface area (Å²) in [6.45, 7) is 2.21. The van der Waals surface area contributed by atoms with Crippen molar-refractivity contribution in [3.8, 4) is 0 Å². The van der Waals surface area contributed by atoms with Crippen molar-refractivity contribution in [2.45, 2.75) is 25.8 Å². The Kier molecular flexibility index (Phi) is 4.23. The lowest BCUT2D eigenvalue weighted by Crippen LogP contribution is -2.31. The first kappa shape index (κ1) is 14.8. The van der Waals surface area contributed by atoms with Gasteiger partial charge in [-0.3, -0.25) is 4.79 Å². The van der Waals surface area contributed by atoms with E-state index in [9.17, 15) is 9.18 Å². The lowest BCUT2D eigenvalue weighted by atomic mass is 10.0. The van der Waals surface area contributed by atoms with Gasteiger partial charge >= 0.3 is 0 Å². The topological polar surface area (TPSA) is 29.1 Å². The first-order valence-corrected chi connectivity index (χ1v) is 7.72. The maximum atomic E-state index is 13.2. The van der Waals surface area contributed by atoms with E-state index in [0.717, 1.165) is 12.0 Å². The molecule has 114 valence electrons. The van der Waals surface area contributed by atoms with Crippen molar-refractivity contribution in [1.82, 2.24) is 5.32 Å². The summed E-state index contributed by atoms with van der Waals surface area (Å²) >= 11 is 0.